The van der Waals surface area contributed by atoms with E-state index >= 15 is 0 Å². The van der Waals surface area contributed by atoms with E-state index in [9.17, 15) is 14.4 Å². The van der Waals surface area contributed by atoms with Gasteiger partial charge in [0.1, 0.15) is 0 Å². The Bertz CT molecular complexity index is 1000. The van der Waals surface area contributed by atoms with E-state index < -0.39 is 0 Å². The second-order valence-electron chi connectivity index (χ2n) is 8.44. The van der Waals surface area contributed by atoms with Crippen LogP contribution in [-0.4, -0.2) is 30.8 Å². The van der Waals surface area contributed by atoms with Crippen molar-refractivity contribution in [1.29, 1.82) is 0 Å². The number of fused-ring (bicyclic) bond motifs is 1. The molecule has 6 heteroatoms. The number of rotatable bonds is 5. The molecule has 1 saturated carbocycles. The Morgan fingerprint density at radius 2 is 1.83 bits per heavy atom. The van der Waals surface area contributed by atoms with Crippen LogP contribution in [0.4, 0.5) is 11.4 Å². The minimum atomic E-state index is -0.345. The van der Waals surface area contributed by atoms with Gasteiger partial charge in [-0.05, 0) is 48.6 Å². The van der Waals surface area contributed by atoms with E-state index in [4.69, 9.17) is 0 Å². The predicted octanol–water partition coefficient (Wildman–Crippen LogP) is 2.66. The number of amides is 3. The number of carbonyl (C=O) groups excluding carboxylic acids is 3. The number of carbonyl (C=O) groups is 3. The van der Waals surface area contributed by atoms with Crippen molar-refractivity contribution >= 4 is 29.1 Å². The molecule has 2 fully saturated rings. The highest BCUT2D eigenvalue weighted by Gasteiger charge is 2.38. The van der Waals surface area contributed by atoms with Gasteiger partial charge in [0.05, 0.1) is 5.92 Å². The van der Waals surface area contributed by atoms with Crippen LogP contribution >= 0.6 is 0 Å². The van der Waals surface area contributed by atoms with Gasteiger partial charge in [-0.1, -0.05) is 30.3 Å². The second kappa shape index (κ2) is 7.59. The van der Waals surface area contributed by atoms with Crippen molar-refractivity contribution in [1.82, 2.24) is 5.32 Å². The number of nitrogens with zero attached hydrogens (tertiary/aromatic N) is 2. The summed E-state index contributed by atoms with van der Waals surface area (Å²) in [6.07, 6.45) is 3.03. The van der Waals surface area contributed by atoms with Gasteiger partial charge in [-0.15, -0.1) is 0 Å². The van der Waals surface area contributed by atoms with E-state index in [0.29, 0.717) is 19.6 Å². The molecule has 1 atom stereocenters. The van der Waals surface area contributed by atoms with Gasteiger partial charge in [-0.25, -0.2) is 0 Å². The van der Waals surface area contributed by atoms with Gasteiger partial charge in [-0.3, -0.25) is 14.4 Å². The first-order valence-corrected chi connectivity index (χ1v) is 10.7. The minimum Gasteiger partial charge on any atom is -0.352 e. The highest BCUT2D eigenvalue weighted by Crippen LogP contribution is 2.38. The molecular formula is C24H25N3O3. The van der Waals surface area contributed by atoms with E-state index in [0.717, 1.165) is 41.8 Å². The zero-order valence-corrected chi connectivity index (χ0v) is 16.8. The first-order valence-electron chi connectivity index (χ1n) is 10.7. The Hall–Kier alpha value is -3.15. The average molecular weight is 403 g/mol. The fourth-order valence-corrected chi connectivity index (χ4v) is 4.40. The SMILES string of the molecule is O=C(NCc1ccccc1)[C@@H]1CC(=O)N(c2ccc3c(c2)CCN3C(=O)C2CC2)C1. The van der Waals surface area contributed by atoms with E-state index in [2.05, 4.69) is 5.32 Å². The summed E-state index contributed by atoms with van der Waals surface area (Å²) < 4.78 is 0. The molecule has 1 aliphatic carbocycles. The molecule has 6 nitrogen and oxygen atoms in total. The topological polar surface area (TPSA) is 69.7 Å². The molecule has 0 radical (unpaired) electrons. The lowest BCUT2D eigenvalue weighted by atomic mass is 10.1. The summed E-state index contributed by atoms with van der Waals surface area (Å²) >= 11 is 0. The third-order valence-electron chi connectivity index (χ3n) is 6.27. The summed E-state index contributed by atoms with van der Waals surface area (Å²) in [5.74, 6) is -0.0296. The molecule has 0 spiro atoms. The Labute approximate surface area is 175 Å². The zero-order chi connectivity index (χ0) is 20.7. The molecule has 30 heavy (non-hydrogen) atoms. The Morgan fingerprint density at radius 1 is 1.03 bits per heavy atom. The van der Waals surface area contributed by atoms with Crippen molar-refractivity contribution in [2.75, 3.05) is 22.9 Å². The fraction of sp³-hybridized carbons (Fsp3) is 0.375. The van der Waals surface area contributed by atoms with E-state index in [1.807, 2.05) is 53.4 Å². The van der Waals surface area contributed by atoms with Crippen molar-refractivity contribution in [3.8, 4) is 0 Å². The summed E-state index contributed by atoms with van der Waals surface area (Å²) in [6.45, 7) is 1.57. The predicted molar refractivity (Wildman–Crippen MR) is 114 cm³/mol. The highest BCUT2D eigenvalue weighted by atomic mass is 16.2. The second-order valence-corrected chi connectivity index (χ2v) is 8.44. The normalized spacial score (nSPS) is 20.4. The maximum absolute atomic E-state index is 12.6. The van der Waals surface area contributed by atoms with Crippen LogP contribution in [0.25, 0.3) is 0 Å². The first-order chi connectivity index (χ1) is 14.6. The Balaban J connectivity index is 1.25. The van der Waals surface area contributed by atoms with Crippen LogP contribution < -0.4 is 15.1 Å². The molecule has 2 aromatic rings. The van der Waals surface area contributed by atoms with Crippen LogP contribution in [0.15, 0.2) is 48.5 Å². The fourth-order valence-electron chi connectivity index (χ4n) is 4.40. The summed E-state index contributed by atoms with van der Waals surface area (Å²) in [4.78, 5) is 41.3. The van der Waals surface area contributed by atoms with E-state index in [1.54, 1.807) is 4.90 Å². The van der Waals surface area contributed by atoms with Crippen LogP contribution in [-0.2, 0) is 27.3 Å². The van der Waals surface area contributed by atoms with Gasteiger partial charge in [0.25, 0.3) is 0 Å². The number of hydrogen-bond acceptors (Lipinski definition) is 3. The molecule has 0 aromatic heterocycles. The van der Waals surface area contributed by atoms with Crippen molar-refractivity contribution in [2.24, 2.45) is 11.8 Å². The Morgan fingerprint density at radius 3 is 2.60 bits per heavy atom. The number of hydrogen-bond donors (Lipinski definition) is 1. The molecule has 1 N–H and O–H groups in total. The molecule has 0 bridgehead atoms. The van der Waals surface area contributed by atoms with Gasteiger partial charge in [0, 0.05) is 43.3 Å². The lowest BCUT2D eigenvalue weighted by Crippen LogP contribution is -2.32. The molecular weight excluding hydrogens is 378 g/mol. The van der Waals surface area contributed by atoms with Crippen LogP contribution in [0.1, 0.15) is 30.4 Å². The molecule has 1 saturated heterocycles. The monoisotopic (exact) mass is 403 g/mol. The van der Waals surface area contributed by atoms with Crippen LogP contribution in [0.5, 0.6) is 0 Å². The first kappa shape index (κ1) is 18.9. The molecule has 2 heterocycles. The number of nitrogens with one attached hydrogen (secondary N) is 1. The van der Waals surface area contributed by atoms with Crippen LogP contribution in [0.3, 0.4) is 0 Å². The van der Waals surface area contributed by atoms with Gasteiger partial charge < -0.3 is 15.1 Å². The lowest BCUT2D eigenvalue weighted by molar-refractivity contribution is -0.126. The summed E-state index contributed by atoms with van der Waals surface area (Å²) in [7, 11) is 0. The smallest absolute Gasteiger partial charge is 0.230 e. The van der Waals surface area contributed by atoms with E-state index in [-0.39, 0.29) is 36.0 Å². The summed E-state index contributed by atoms with van der Waals surface area (Å²) in [5, 5.41) is 2.95. The zero-order valence-electron chi connectivity index (χ0n) is 16.8. The minimum absolute atomic E-state index is 0.0290. The molecule has 3 amide bonds. The lowest BCUT2D eigenvalue weighted by Gasteiger charge is -2.20. The van der Waals surface area contributed by atoms with Gasteiger partial charge in [-0.2, -0.15) is 0 Å². The Kier molecular flexibility index (Phi) is 4.77. The maximum atomic E-state index is 12.6. The quantitative estimate of drug-likeness (QED) is 0.835. The third-order valence-corrected chi connectivity index (χ3v) is 6.27. The molecule has 2 aromatic carbocycles. The standard InChI is InChI=1S/C24H25N3O3/c28-22-13-19(23(29)25-14-16-4-2-1-3-5-16)15-27(22)20-8-9-21-18(12-20)10-11-26(21)24(30)17-6-7-17/h1-5,8-9,12,17,19H,6-7,10-11,13-15H2,(H,25,29)/t19-/m1/s1. The van der Waals surface area contributed by atoms with Gasteiger partial charge in [0.15, 0.2) is 0 Å². The maximum Gasteiger partial charge on any atom is 0.230 e. The molecule has 5 rings (SSSR count). The highest BCUT2D eigenvalue weighted by molar-refractivity contribution is 6.02. The number of anilines is 2. The van der Waals surface area contributed by atoms with Crippen LogP contribution in [0, 0.1) is 11.8 Å². The van der Waals surface area contributed by atoms with Crippen molar-refractivity contribution in [2.45, 2.75) is 32.2 Å². The van der Waals surface area contributed by atoms with Crippen molar-refractivity contribution in [3.63, 3.8) is 0 Å². The summed E-state index contributed by atoms with van der Waals surface area (Å²) in [6, 6.07) is 15.6. The van der Waals surface area contributed by atoms with E-state index in [1.165, 1.54) is 0 Å². The average Bonchev–Trinajstić information content (AvgIpc) is 3.42. The summed E-state index contributed by atoms with van der Waals surface area (Å²) in [5.41, 5.74) is 3.93. The van der Waals surface area contributed by atoms with Crippen molar-refractivity contribution < 1.29 is 14.4 Å². The van der Waals surface area contributed by atoms with Gasteiger partial charge >= 0.3 is 0 Å². The molecule has 154 valence electrons. The number of benzene rings is 2. The molecule has 2 aliphatic heterocycles. The van der Waals surface area contributed by atoms with Crippen molar-refractivity contribution in [3.05, 3.63) is 59.7 Å². The van der Waals surface area contributed by atoms with Crippen LogP contribution in [0.2, 0.25) is 0 Å². The molecule has 0 unspecified atom stereocenters. The van der Waals surface area contributed by atoms with Gasteiger partial charge in [0.2, 0.25) is 17.7 Å². The molecule has 3 aliphatic rings. The third kappa shape index (κ3) is 3.58. The largest absolute Gasteiger partial charge is 0.352 e.